The average Bonchev–Trinajstić information content (AvgIpc) is 2.45. The van der Waals surface area contributed by atoms with Crippen molar-refractivity contribution in [1.29, 1.82) is 0 Å². The summed E-state index contributed by atoms with van der Waals surface area (Å²) in [5.41, 5.74) is 1.36. The molecule has 3 nitrogen and oxygen atoms in total. The molecule has 0 aliphatic rings. The molecule has 0 aromatic heterocycles. The van der Waals surface area contributed by atoms with Gasteiger partial charge >= 0.3 is 0 Å². The highest BCUT2D eigenvalue weighted by Gasteiger charge is 2.14. The van der Waals surface area contributed by atoms with Gasteiger partial charge in [-0.2, -0.15) is 0 Å². The van der Waals surface area contributed by atoms with E-state index in [1.54, 1.807) is 25.1 Å². The third kappa shape index (κ3) is 4.63. The molecule has 0 saturated carbocycles. The lowest BCUT2D eigenvalue weighted by atomic mass is 10.2. The van der Waals surface area contributed by atoms with Crippen LogP contribution < -0.4 is 10.6 Å². The lowest BCUT2D eigenvalue weighted by Gasteiger charge is -2.16. The second-order valence-corrected chi connectivity index (χ2v) is 6.25. The normalized spacial score (nSPS) is 11.8. The number of hydrogen-bond donors (Lipinski definition) is 2. The number of carbonyl (C=O) groups is 1. The minimum absolute atomic E-state index is 0.193. The van der Waals surface area contributed by atoms with Gasteiger partial charge < -0.3 is 10.6 Å². The molecule has 6 heteroatoms. The molecule has 2 N–H and O–H groups in total. The first-order chi connectivity index (χ1) is 9.95. The fourth-order valence-electron chi connectivity index (χ4n) is 1.70. The van der Waals surface area contributed by atoms with Crippen molar-refractivity contribution in [2.75, 3.05) is 10.6 Å². The highest BCUT2D eigenvalue weighted by molar-refractivity contribution is 9.10. The Morgan fingerprint density at radius 3 is 2.48 bits per heavy atom. The van der Waals surface area contributed by atoms with Crippen molar-refractivity contribution < 1.29 is 4.79 Å². The molecule has 0 aliphatic heterocycles. The molecule has 21 heavy (non-hydrogen) atoms. The number of carbonyl (C=O) groups excluding carboxylic acids is 1. The van der Waals surface area contributed by atoms with Gasteiger partial charge in [-0.1, -0.05) is 39.1 Å². The van der Waals surface area contributed by atoms with Gasteiger partial charge in [0.2, 0.25) is 5.91 Å². The number of rotatable bonds is 4. The molecule has 0 saturated heterocycles. The van der Waals surface area contributed by atoms with E-state index in [4.69, 9.17) is 23.2 Å². The maximum absolute atomic E-state index is 12.2. The summed E-state index contributed by atoms with van der Waals surface area (Å²) in [6, 6.07) is 12.1. The molecular weight excluding hydrogens is 375 g/mol. The molecule has 1 amide bonds. The Hall–Kier alpha value is -1.23. The van der Waals surface area contributed by atoms with Crippen molar-refractivity contribution in [3.63, 3.8) is 0 Å². The molecule has 2 rings (SSSR count). The van der Waals surface area contributed by atoms with Crippen LogP contribution in [-0.4, -0.2) is 11.9 Å². The van der Waals surface area contributed by atoms with Crippen LogP contribution in [0.3, 0.4) is 0 Å². The highest BCUT2D eigenvalue weighted by atomic mass is 79.9. The summed E-state index contributed by atoms with van der Waals surface area (Å²) in [5.74, 6) is -0.193. The molecular formula is C15H13BrCl2N2O. The molecule has 0 aliphatic carbocycles. The molecule has 0 spiro atoms. The van der Waals surface area contributed by atoms with Crippen molar-refractivity contribution in [2.24, 2.45) is 0 Å². The van der Waals surface area contributed by atoms with Crippen LogP contribution >= 0.6 is 39.1 Å². The van der Waals surface area contributed by atoms with Crippen LogP contribution in [0.1, 0.15) is 6.92 Å². The Labute approximate surface area is 141 Å². The molecule has 0 radical (unpaired) electrons. The molecule has 0 fully saturated rings. The van der Waals surface area contributed by atoms with Crippen molar-refractivity contribution in [3.8, 4) is 0 Å². The second-order valence-electron chi connectivity index (χ2n) is 4.49. The van der Waals surface area contributed by atoms with Crippen LogP contribution in [0.4, 0.5) is 11.4 Å². The summed E-state index contributed by atoms with van der Waals surface area (Å²) in [7, 11) is 0. The minimum Gasteiger partial charge on any atom is -0.374 e. The van der Waals surface area contributed by atoms with Gasteiger partial charge in [-0.15, -0.1) is 0 Å². The Morgan fingerprint density at radius 1 is 1.14 bits per heavy atom. The summed E-state index contributed by atoms with van der Waals surface area (Å²) >= 11 is 15.3. The van der Waals surface area contributed by atoms with Crippen LogP contribution in [0.25, 0.3) is 0 Å². The predicted octanol–water partition coefficient (Wildman–Crippen LogP) is 5.20. The largest absolute Gasteiger partial charge is 0.374 e. The molecule has 2 aromatic rings. The van der Waals surface area contributed by atoms with Crippen LogP contribution in [0.15, 0.2) is 46.9 Å². The SMILES string of the molecule is CC(Nc1ccc(Br)cc1)C(=O)Nc1cc(Cl)ccc1Cl. The van der Waals surface area contributed by atoms with Gasteiger partial charge in [0.05, 0.1) is 10.7 Å². The summed E-state index contributed by atoms with van der Waals surface area (Å²) in [6.07, 6.45) is 0. The zero-order chi connectivity index (χ0) is 15.4. The average molecular weight is 388 g/mol. The van der Waals surface area contributed by atoms with Gasteiger partial charge in [-0.25, -0.2) is 0 Å². The van der Waals surface area contributed by atoms with Gasteiger partial charge in [-0.05, 0) is 49.4 Å². The number of benzene rings is 2. The number of anilines is 2. The lowest BCUT2D eigenvalue weighted by Crippen LogP contribution is -2.31. The van der Waals surface area contributed by atoms with Crippen molar-refractivity contribution in [1.82, 2.24) is 0 Å². The quantitative estimate of drug-likeness (QED) is 0.757. The van der Waals surface area contributed by atoms with E-state index in [2.05, 4.69) is 26.6 Å². The Morgan fingerprint density at radius 2 is 1.81 bits per heavy atom. The monoisotopic (exact) mass is 386 g/mol. The van der Waals surface area contributed by atoms with Crippen LogP contribution in [-0.2, 0) is 4.79 Å². The summed E-state index contributed by atoms with van der Waals surface area (Å²) in [6.45, 7) is 1.77. The van der Waals surface area contributed by atoms with Gasteiger partial charge in [0, 0.05) is 15.2 Å². The first kappa shape index (κ1) is 16.1. The first-order valence-corrected chi connectivity index (χ1v) is 7.78. The van der Waals surface area contributed by atoms with E-state index in [1.807, 2.05) is 24.3 Å². The van der Waals surface area contributed by atoms with Gasteiger partial charge in [-0.3, -0.25) is 4.79 Å². The Kier molecular flexibility index (Phi) is 5.51. The molecule has 0 heterocycles. The molecule has 0 bridgehead atoms. The summed E-state index contributed by atoms with van der Waals surface area (Å²) in [4.78, 5) is 12.2. The fraction of sp³-hybridized carbons (Fsp3) is 0.133. The number of halogens is 3. The van der Waals surface area contributed by atoms with Crippen LogP contribution in [0.2, 0.25) is 10.0 Å². The Balaban J connectivity index is 2.02. The highest BCUT2D eigenvalue weighted by Crippen LogP contribution is 2.25. The van der Waals surface area contributed by atoms with Gasteiger partial charge in [0.25, 0.3) is 0 Å². The van der Waals surface area contributed by atoms with Crippen molar-refractivity contribution in [2.45, 2.75) is 13.0 Å². The third-order valence-electron chi connectivity index (χ3n) is 2.81. The van der Waals surface area contributed by atoms with Crippen molar-refractivity contribution >= 4 is 56.4 Å². The van der Waals surface area contributed by atoms with Crippen LogP contribution in [0, 0.1) is 0 Å². The zero-order valence-corrected chi connectivity index (χ0v) is 14.3. The molecule has 1 unspecified atom stereocenters. The lowest BCUT2D eigenvalue weighted by molar-refractivity contribution is -0.116. The Bertz CT molecular complexity index is 647. The molecule has 1 atom stereocenters. The smallest absolute Gasteiger partial charge is 0.246 e. The number of nitrogens with one attached hydrogen (secondary N) is 2. The number of amides is 1. The topological polar surface area (TPSA) is 41.1 Å². The summed E-state index contributed by atoms with van der Waals surface area (Å²) in [5, 5.41) is 6.83. The van der Waals surface area contributed by atoms with E-state index in [9.17, 15) is 4.79 Å². The fourth-order valence-corrected chi connectivity index (χ4v) is 2.30. The predicted molar refractivity (Wildman–Crippen MR) is 92.3 cm³/mol. The van der Waals surface area contributed by atoms with Crippen molar-refractivity contribution in [3.05, 3.63) is 57.0 Å². The third-order valence-corrected chi connectivity index (χ3v) is 3.90. The van der Waals surface area contributed by atoms with Gasteiger partial charge in [0.1, 0.15) is 6.04 Å². The van der Waals surface area contributed by atoms with E-state index in [1.165, 1.54) is 0 Å². The van der Waals surface area contributed by atoms with E-state index in [-0.39, 0.29) is 5.91 Å². The first-order valence-electron chi connectivity index (χ1n) is 6.24. The minimum atomic E-state index is -0.416. The maximum Gasteiger partial charge on any atom is 0.246 e. The zero-order valence-electron chi connectivity index (χ0n) is 11.2. The number of hydrogen-bond acceptors (Lipinski definition) is 2. The molecule has 2 aromatic carbocycles. The molecule has 110 valence electrons. The van der Waals surface area contributed by atoms with Gasteiger partial charge in [0.15, 0.2) is 0 Å². The summed E-state index contributed by atoms with van der Waals surface area (Å²) < 4.78 is 0.982. The second kappa shape index (κ2) is 7.16. The van der Waals surface area contributed by atoms with Crippen LogP contribution in [0.5, 0.6) is 0 Å². The maximum atomic E-state index is 12.2. The van der Waals surface area contributed by atoms with E-state index in [0.717, 1.165) is 10.2 Å². The van der Waals surface area contributed by atoms with E-state index >= 15 is 0 Å². The van der Waals surface area contributed by atoms with E-state index in [0.29, 0.717) is 15.7 Å². The standard InChI is InChI=1S/C15H13BrCl2N2O/c1-9(19-12-5-2-10(16)3-6-12)15(21)20-14-8-11(17)4-7-13(14)18/h2-9,19H,1H3,(H,20,21). The van der Waals surface area contributed by atoms with E-state index < -0.39 is 6.04 Å².